The fraction of sp³-hybridized carbons (Fsp3) is 0.471. The van der Waals surface area contributed by atoms with Gasteiger partial charge in [-0.05, 0) is 36.8 Å². The fourth-order valence-electron chi connectivity index (χ4n) is 3.31. The van der Waals surface area contributed by atoms with E-state index in [0.717, 1.165) is 35.8 Å². The van der Waals surface area contributed by atoms with Crippen molar-refractivity contribution in [3.63, 3.8) is 0 Å². The van der Waals surface area contributed by atoms with Crippen LogP contribution in [0.3, 0.4) is 0 Å². The topological polar surface area (TPSA) is 30.2 Å². The van der Waals surface area contributed by atoms with E-state index in [4.69, 9.17) is 4.42 Å². The molecule has 1 fully saturated rings. The minimum absolute atomic E-state index is 0.102. The standard InChI is InChI=1S/C17H20O2/c1-11-6-4-7-12-10-14(19-16(11)12)15(18)13-8-5-9-17(13,2)3/h4,6-7,10,13H,5,8-9H2,1-3H3. The van der Waals surface area contributed by atoms with E-state index in [1.165, 1.54) is 0 Å². The number of para-hydroxylation sites is 1. The predicted octanol–water partition coefficient (Wildman–Crippen LogP) is 4.75. The number of ketones is 1. The molecule has 0 N–H and O–H groups in total. The lowest BCUT2D eigenvalue weighted by Crippen LogP contribution is -2.25. The van der Waals surface area contributed by atoms with E-state index in [-0.39, 0.29) is 17.1 Å². The molecule has 2 nitrogen and oxygen atoms in total. The van der Waals surface area contributed by atoms with Gasteiger partial charge in [-0.25, -0.2) is 0 Å². The van der Waals surface area contributed by atoms with Crippen molar-refractivity contribution in [2.45, 2.75) is 40.0 Å². The normalized spacial score (nSPS) is 21.9. The highest BCUT2D eigenvalue weighted by molar-refractivity contribution is 6.00. The Morgan fingerprint density at radius 3 is 2.79 bits per heavy atom. The number of furan rings is 1. The van der Waals surface area contributed by atoms with E-state index in [2.05, 4.69) is 13.8 Å². The van der Waals surface area contributed by atoms with Crippen LogP contribution >= 0.6 is 0 Å². The molecule has 0 aliphatic heterocycles. The molecule has 1 aliphatic carbocycles. The number of rotatable bonds is 2. The molecule has 0 saturated heterocycles. The van der Waals surface area contributed by atoms with Gasteiger partial charge in [-0.15, -0.1) is 0 Å². The Labute approximate surface area is 113 Å². The van der Waals surface area contributed by atoms with Gasteiger partial charge in [0, 0.05) is 11.3 Å². The second-order valence-electron chi connectivity index (χ2n) is 6.40. The quantitative estimate of drug-likeness (QED) is 0.726. The van der Waals surface area contributed by atoms with Gasteiger partial charge in [-0.3, -0.25) is 4.79 Å². The van der Waals surface area contributed by atoms with Crippen LogP contribution in [-0.4, -0.2) is 5.78 Å². The highest BCUT2D eigenvalue weighted by atomic mass is 16.3. The Hall–Kier alpha value is -1.57. The van der Waals surface area contributed by atoms with Gasteiger partial charge in [-0.1, -0.05) is 38.5 Å². The zero-order valence-electron chi connectivity index (χ0n) is 11.8. The smallest absolute Gasteiger partial charge is 0.201 e. The fourth-order valence-corrected chi connectivity index (χ4v) is 3.31. The molecule has 1 atom stereocenters. The van der Waals surface area contributed by atoms with Crippen molar-refractivity contribution < 1.29 is 9.21 Å². The second kappa shape index (κ2) is 4.22. The number of hydrogen-bond donors (Lipinski definition) is 0. The molecular weight excluding hydrogens is 236 g/mol. The molecule has 1 aromatic carbocycles. The van der Waals surface area contributed by atoms with E-state index >= 15 is 0 Å². The third-order valence-electron chi connectivity index (χ3n) is 4.56. The Morgan fingerprint density at radius 2 is 2.16 bits per heavy atom. The molecule has 0 amide bonds. The van der Waals surface area contributed by atoms with Gasteiger partial charge in [0.25, 0.3) is 0 Å². The SMILES string of the molecule is Cc1cccc2cc(C(=O)C3CCCC3(C)C)oc12. The number of benzene rings is 1. The summed E-state index contributed by atoms with van der Waals surface area (Å²) >= 11 is 0. The van der Waals surface area contributed by atoms with Crippen LogP contribution in [-0.2, 0) is 0 Å². The Bertz CT molecular complexity index is 634. The Balaban J connectivity index is 2.00. The van der Waals surface area contributed by atoms with Crippen LogP contribution in [0.2, 0.25) is 0 Å². The molecular formula is C17H20O2. The van der Waals surface area contributed by atoms with E-state index < -0.39 is 0 Å². The highest BCUT2D eigenvalue weighted by Gasteiger charge is 2.40. The summed E-state index contributed by atoms with van der Waals surface area (Å²) < 4.78 is 5.82. The monoisotopic (exact) mass is 256 g/mol. The molecule has 0 spiro atoms. The van der Waals surface area contributed by atoms with Crippen LogP contribution in [0.25, 0.3) is 11.0 Å². The summed E-state index contributed by atoms with van der Waals surface area (Å²) in [6, 6.07) is 7.92. The zero-order chi connectivity index (χ0) is 13.6. The molecule has 1 unspecified atom stereocenters. The number of aryl methyl sites for hydroxylation is 1. The maximum atomic E-state index is 12.6. The van der Waals surface area contributed by atoms with Crippen molar-refractivity contribution in [2.24, 2.45) is 11.3 Å². The van der Waals surface area contributed by atoms with Crippen molar-refractivity contribution in [1.82, 2.24) is 0 Å². The van der Waals surface area contributed by atoms with Gasteiger partial charge in [0.1, 0.15) is 5.58 Å². The van der Waals surface area contributed by atoms with Crippen molar-refractivity contribution in [2.75, 3.05) is 0 Å². The Kier molecular flexibility index (Phi) is 2.77. The molecule has 2 heteroatoms. The summed E-state index contributed by atoms with van der Waals surface area (Å²) in [4.78, 5) is 12.6. The minimum atomic E-state index is 0.102. The van der Waals surface area contributed by atoms with Crippen molar-refractivity contribution in [3.05, 3.63) is 35.6 Å². The van der Waals surface area contributed by atoms with Gasteiger partial charge in [0.2, 0.25) is 5.78 Å². The average molecular weight is 256 g/mol. The van der Waals surface area contributed by atoms with Crippen LogP contribution in [0.15, 0.2) is 28.7 Å². The molecule has 1 aromatic heterocycles. The second-order valence-corrected chi connectivity index (χ2v) is 6.40. The summed E-state index contributed by atoms with van der Waals surface area (Å²) in [5.41, 5.74) is 2.04. The first kappa shape index (κ1) is 12.5. The molecule has 2 aromatic rings. The lowest BCUT2D eigenvalue weighted by atomic mass is 9.79. The van der Waals surface area contributed by atoms with Crippen molar-refractivity contribution >= 4 is 16.8 Å². The molecule has 0 bridgehead atoms. The number of carbonyl (C=O) groups excluding carboxylic acids is 1. The van der Waals surface area contributed by atoms with Gasteiger partial charge >= 0.3 is 0 Å². The predicted molar refractivity (Wildman–Crippen MR) is 76.4 cm³/mol. The van der Waals surface area contributed by atoms with Crippen molar-refractivity contribution in [1.29, 1.82) is 0 Å². The number of Topliss-reactive ketones (excluding diaryl/α,β-unsaturated/α-hetero) is 1. The number of fused-ring (bicyclic) bond motifs is 1. The summed E-state index contributed by atoms with van der Waals surface area (Å²) in [5, 5.41) is 1.03. The van der Waals surface area contributed by atoms with Crippen LogP contribution in [0, 0.1) is 18.3 Å². The first-order valence-electron chi connectivity index (χ1n) is 7.02. The van der Waals surface area contributed by atoms with Gasteiger partial charge in [-0.2, -0.15) is 0 Å². The molecule has 1 saturated carbocycles. The largest absolute Gasteiger partial charge is 0.453 e. The molecule has 1 heterocycles. The molecule has 100 valence electrons. The molecule has 0 radical (unpaired) electrons. The van der Waals surface area contributed by atoms with Gasteiger partial charge in [0.05, 0.1) is 0 Å². The molecule has 19 heavy (non-hydrogen) atoms. The number of hydrogen-bond acceptors (Lipinski definition) is 2. The minimum Gasteiger partial charge on any atom is -0.453 e. The maximum Gasteiger partial charge on any atom is 0.201 e. The number of carbonyl (C=O) groups is 1. The van der Waals surface area contributed by atoms with E-state index in [1.54, 1.807) is 0 Å². The van der Waals surface area contributed by atoms with E-state index in [0.29, 0.717) is 5.76 Å². The van der Waals surface area contributed by atoms with Gasteiger partial charge < -0.3 is 4.42 Å². The van der Waals surface area contributed by atoms with Crippen molar-refractivity contribution in [3.8, 4) is 0 Å². The summed E-state index contributed by atoms with van der Waals surface area (Å²) in [6.45, 7) is 6.40. The van der Waals surface area contributed by atoms with Crippen LogP contribution in [0.4, 0.5) is 0 Å². The maximum absolute atomic E-state index is 12.6. The summed E-state index contributed by atoms with van der Waals surface area (Å²) in [6.07, 6.45) is 3.26. The lowest BCUT2D eigenvalue weighted by Gasteiger charge is -2.24. The lowest BCUT2D eigenvalue weighted by molar-refractivity contribution is 0.0811. The van der Waals surface area contributed by atoms with Crippen LogP contribution in [0.5, 0.6) is 0 Å². The molecule has 3 rings (SSSR count). The highest BCUT2D eigenvalue weighted by Crippen LogP contribution is 2.44. The summed E-state index contributed by atoms with van der Waals surface area (Å²) in [5.74, 6) is 0.816. The summed E-state index contributed by atoms with van der Waals surface area (Å²) in [7, 11) is 0. The van der Waals surface area contributed by atoms with Gasteiger partial charge in [0.15, 0.2) is 5.76 Å². The molecule has 1 aliphatic rings. The zero-order valence-corrected chi connectivity index (χ0v) is 11.8. The third kappa shape index (κ3) is 1.99. The van der Waals surface area contributed by atoms with E-state index in [9.17, 15) is 4.79 Å². The third-order valence-corrected chi connectivity index (χ3v) is 4.56. The van der Waals surface area contributed by atoms with Crippen LogP contribution in [0.1, 0.15) is 49.2 Å². The first-order chi connectivity index (χ1) is 8.99. The van der Waals surface area contributed by atoms with E-state index in [1.807, 2.05) is 31.2 Å². The van der Waals surface area contributed by atoms with Crippen LogP contribution < -0.4 is 0 Å². The Morgan fingerprint density at radius 1 is 1.37 bits per heavy atom. The first-order valence-corrected chi connectivity index (χ1v) is 7.02. The average Bonchev–Trinajstić information content (AvgIpc) is 2.92.